The number of carbonyl (C=O) groups excluding carboxylic acids is 2. The zero-order chi connectivity index (χ0) is 14.8. The van der Waals surface area contributed by atoms with E-state index in [-0.39, 0.29) is 25.3 Å². The molecule has 7 heteroatoms. The molecule has 1 amide bonds. The van der Waals surface area contributed by atoms with E-state index in [0.29, 0.717) is 0 Å². The normalized spacial score (nSPS) is 9.37. The van der Waals surface area contributed by atoms with Crippen molar-refractivity contribution in [3.8, 4) is 0 Å². The van der Waals surface area contributed by atoms with Crippen LogP contribution in [0.5, 0.6) is 0 Å². The Labute approximate surface area is 111 Å². The Balaban J connectivity index is 3.88. The number of hydrogen-bond acceptors (Lipinski definition) is 5. The Hall–Kier alpha value is -2.11. The molecule has 0 radical (unpaired) electrons. The van der Waals surface area contributed by atoms with Crippen LogP contribution in [-0.4, -0.2) is 61.3 Å². The van der Waals surface area contributed by atoms with Crippen molar-refractivity contribution in [3.05, 3.63) is 17.9 Å². The molecule has 0 aliphatic carbocycles. The molecule has 1 N–H and O–H groups in total. The molecule has 0 aliphatic heterocycles. The van der Waals surface area contributed by atoms with E-state index in [1.165, 1.54) is 18.9 Å². The van der Waals surface area contributed by atoms with E-state index in [0.717, 1.165) is 0 Å². The molecule has 0 spiro atoms. The van der Waals surface area contributed by atoms with Crippen LogP contribution in [0.3, 0.4) is 0 Å². The SMILES string of the molecule is C=C=C(C)C(=O)OCCN(C)C(=O)COCC(=O)O. The van der Waals surface area contributed by atoms with Crippen LogP contribution >= 0.6 is 0 Å². The van der Waals surface area contributed by atoms with Gasteiger partial charge in [0.2, 0.25) is 5.91 Å². The van der Waals surface area contributed by atoms with Gasteiger partial charge in [0.25, 0.3) is 0 Å². The Morgan fingerprint density at radius 3 is 2.47 bits per heavy atom. The summed E-state index contributed by atoms with van der Waals surface area (Å²) in [6.07, 6.45) is 0. The maximum absolute atomic E-state index is 11.4. The van der Waals surface area contributed by atoms with Crippen molar-refractivity contribution in [2.45, 2.75) is 6.92 Å². The molecular formula is C12H17NO6. The molecule has 0 aromatic heterocycles. The molecular weight excluding hydrogens is 254 g/mol. The van der Waals surface area contributed by atoms with Crippen LogP contribution in [0.4, 0.5) is 0 Å². The number of carboxylic acids is 1. The first-order valence-electron chi connectivity index (χ1n) is 5.45. The maximum atomic E-state index is 11.4. The van der Waals surface area contributed by atoms with Crippen molar-refractivity contribution < 1.29 is 29.0 Å². The second-order valence-electron chi connectivity index (χ2n) is 3.64. The summed E-state index contributed by atoms with van der Waals surface area (Å²) in [5.74, 6) is -2.08. The fourth-order valence-electron chi connectivity index (χ4n) is 0.916. The topological polar surface area (TPSA) is 93.1 Å². The molecule has 19 heavy (non-hydrogen) atoms. The van der Waals surface area contributed by atoms with Crippen LogP contribution in [0.2, 0.25) is 0 Å². The summed E-state index contributed by atoms with van der Waals surface area (Å²) in [4.78, 5) is 34.1. The highest BCUT2D eigenvalue weighted by atomic mass is 16.5. The fourth-order valence-corrected chi connectivity index (χ4v) is 0.916. The Kier molecular flexibility index (Phi) is 7.92. The predicted octanol–water partition coefficient (Wildman–Crippen LogP) is -0.180. The van der Waals surface area contributed by atoms with Crippen LogP contribution < -0.4 is 0 Å². The van der Waals surface area contributed by atoms with Crippen molar-refractivity contribution in [1.82, 2.24) is 4.90 Å². The van der Waals surface area contributed by atoms with Gasteiger partial charge in [-0.05, 0) is 6.92 Å². The number of nitrogens with zero attached hydrogens (tertiary/aromatic N) is 1. The summed E-state index contributed by atoms with van der Waals surface area (Å²) >= 11 is 0. The van der Waals surface area contributed by atoms with Crippen molar-refractivity contribution in [1.29, 1.82) is 0 Å². The molecule has 0 atom stereocenters. The summed E-state index contributed by atoms with van der Waals surface area (Å²) in [6.45, 7) is 4.18. The Morgan fingerprint density at radius 2 is 1.95 bits per heavy atom. The average Bonchev–Trinajstić information content (AvgIpc) is 2.36. The van der Waals surface area contributed by atoms with E-state index in [2.05, 4.69) is 17.0 Å². The van der Waals surface area contributed by atoms with Crippen LogP contribution in [0.1, 0.15) is 6.92 Å². The smallest absolute Gasteiger partial charge is 0.341 e. The van der Waals surface area contributed by atoms with Gasteiger partial charge in [0, 0.05) is 7.05 Å². The van der Waals surface area contributed by atoms with Gasteiger partial charge in [-0.25, -0.2) is 9.59 Å². The zero-order valence-corrected chi connectivity index (χ0v) is 11.0. The Bertz CT molecular complexity index is 397. The lowest BCUT2D eigenvalue weighted by Gasteiger charge is -2.16. The van der Waals surface area contributed by atoms with Gasteiger partial charge in [-0.15, -0.1) is 5.73 Å². The number of amides is 1. The van der Waals surface area contributed by atoms with Crippen molar-refractivity contribution in [3.63, 3.8) is 0 Å². The summed E-state index contributed by atoms with van der Waals surface area (Å²) in [7, 11) is 1.50. The van der Waals surface area contributed by atoms with Crippen LogP contribution in [-0.2, 0) is 23.9 Å². The third-order valence-corrected chi connectivity index (χ3v) is 2.11. The van der Waals surface area contributed by atoms with Gasteiger partial charge in [0.15, 0.2) is 0 Å². The third-order valence-electron chi connectivity index (χ3n) is 2.11. The molecule has 0 rings (SSSR count). The number of carbonyl (C=O) groups is 3. The van der Waals surface area contributed by atoms with Gasteiger partial charge >= 0.3 is 11.9 Å². The molecule has 0 aromatic carbocycles. The summed E-state index contributed by atoms with van der Waals surface area (Å²) in [5.41, 5.74) is 2.66. The number of likely N-dealkylation sites (N-methyl/N-ethyl adjacent to an activating group) is 1. The molecule has 0 heterocycles. The molecule has 0 saturated heterocycles. The van der Waals surface area contributed by atoms with E-state index in [4.69, 9.17) is 9.84 Å². The largest absolute Gasteiger partial charge is 0.480 e. The highest BCUT2D eigenvalue weighted by Gasteiger charge is 2.11. The number of ether oxygens (including phenoxy) is 2. The molecule has 0 aromatic rings. The number of carboxylic acid groups (broad SMARTS) is 1. The second-order valence-corrected chi connectivity index (χ2v) is 3.64. The fraction of sp³-hybridized carbons (Fsp3) is 0.500. The first-order chi connectivity index (χ1) is 8.88. The van der Waals surface area contributed by atoms with Gasteiger partial charge in [-0.1, -0.05) is 6.58 Å². The molecule has 7 nitrogen and oxygen atoms in total. The van der Waals surface area contributed by atoms with Crippen LogP contribution in [0, 0.1) is 0 Å². The lowest BCUT2D eigenvalue weighted by molar-refractivity contribution is -0.147. The predicted molar refractivity (Wildman–Crippen MR) is 65.4 cm³/mol. The van der Waals surface area contributed by atoms with Crippen LogP contribution in [0.15, 0.2) is 17.9 Å². The number of esters is 1. The monoisotopic (exact) mass is 271 g/mol. The number of rotatable bonds is 8. The van der Waals surface area contributed by atoms with E-state index in [1.807, 2.05) is 0 Å². The molecule has 0 aliphatic rings. The highest BCUT2D eigenvalue weighted by Crippen LogP contribution is 1.94. The van der Waals surface area contributed by atoms with Gasteiger partial charge in [-0.3, -0.25) is 4.79 Å². The minimum absolute atomic E-state index is 0.0268. The first-order valence-corrected chi connectivity index (χ1v) is 5.45. The van der Waals surface area contributed by atoms with Crippen molar-refractivity contribution >= 4 is 17.8 Å². The van der Waals surface area contributed by atoms with E-state index in [1.54, 1.807) is 0 Å². The van der Waals surface area contributed by atoms with E-state index >= 15 is 0 Å². The van der Waals surface area contributed by atoms with Gasteiger partial charge < -0.3 is 19.5 Å². The van der Waals surface area contributed by atoms with Crippen LogP contribution in [0.25, 0.3) is 0 Å². The van der Waals surface area contributed by atoms with Gasteiger partial charge in [0.05, 0.1) is 12.1 Å². The molecule has 0 fully saturated rings. The molecule has 0 bridgehead atoms. The lowest BCUT2D eigenvalue weighted by atomic mass is 10.3. The maximum Gasteiger partial charge on any atom is 0.341 e. The molecule has 106 valence electrons. The molecule has 0 unspecified atom stereocenters. The van der Waals surface area contributed by atoms with E-state index in [9.17, 15) is 14.4 Å². The average molecular weight is 271 g/mol. The minimum atomic E-state index is -1.14. The quantitative estimate of drug-likeness (QED) is 0.374. The molecule has 0 saturated carbocycles. The number of hydrogen-bond donors (Lipinski definition) is 1. The van der Waals surface area contributed by atoms with E-state index < -0.39 is 24.5 Å². The third kappa shape index (κ3) is 7.75. The highest BCUT2D eigenvalue weighted by molar-refractivity contribution is 5.87. The first kappa shape index (κ1) is 16.9. The van der Waals surface area contributed by atoms with Crippen molar-refractivity contribution in [2.24, 2.45) is 0 Å². The minimum Gasteiger partial charge on any atom is -0.480 e. The van der Waals surface area contributed by atoms with Gasteiger partial charge in [0.1, 0.15) is 19.8 Å². The summed E-state index contributed by atoms with van der Waals surface area (Å²) < 4.78 is 9.49. The van der Waals surface area contributed by atoms with Gasteiger partial charge in [-0.2, -0.15) is 0 Å². The van der Waals surface area contributed by atoms with Crippen molar-refractivity contribution in [2.75, 3.05) is 33.4 Å². The lowest BCUT2D eigenvalue weighted by Crippen LogP contribution is -2.34. The number of aliphatic carboxylic acids is 1. The second kappa shape index (κ2) is 8.91. The summed E-state index contributed by atoms with van der Waals surface area (Å²) in [6, 6.07) is 0. The summed E-state index contributed by atoms with van der Waals surface area (Å²) in [5, 5.41) is 8.32. The standard InChI is InChI=1S/C12H17NO6/c1-4-9(2)12(17)19-6-5-13(3)10(14)7-18-8-11(15)16/h1,5-8H2,2-3H3,(H,15,16). The Morgan fingerprint density at radius 1 is 1.32 bits per heavy atom. The zero-order valence-electron chi connectivity index (χ0n) is 11.0.